The first-order valence-electron chi connectivity index (χ1n) is 6.38. The molecule has 22 heavy (non-hydrogen) atoms. The number of hydrogen-bond acceptors (Lipinski definition) is 4. The van der Waals surface area contributed by atoms with E-state index in [2.05, 4.69) is 0 Å². The fraction of sp³-hybridized carbons (Fsp3) is 0.250. The largest absolute Gasteiger partial charge is 1.00 e. The monoisotopic (exact) mass is 328 g/mol. The molecule has 0 saturated carbocycles. The molecule has 112 valence electrons. The van der Waals surface area contributed by atoms with Crippen molar-refractivity contribution in [1.29, 1.82) is 0 Å². The van der Waals surface area contributed by atoms with Gasteiger partial charge in [-0.25, -0.2) is 0 Å². The Labute approximate surface area is 155 Å². The Morgan fingerprint density at radius 3 is 1.09 bits per heavy atom. The van der Waals surface area contributed by atoms with Gasteiger partial charge in [0.2, 0.25) is 0 Å². The van der Waals surface area contributed by atoms with Crippen LogP contribution in [0, 0.1) is 0 Å². The van der Waals surface area contributed by atoms with Crippen LogP contribution < -0.4 is 59.1 Å². The molecule has 0 amide bonds. The molecule has 0 aliphatic carbocycles. The molecule has 2 aromatic carbocycles. The maximum absolute atomic E-state index is 5.44. The van der Waals surface area contributed by atoms with E-state index in [4.69, 9.17) is 18.9 Å². The molecule has 0 heterocycles. The van der Waals surface area contributed by atoms with E-state index in [0.717, 1.165) is 42.2 Å². The van der Waals surface area contributed by atoms with Gasteiger partial charge >= 0.3 is 29.6 Å². The van der Waals surface area contributed by atoms with E-state index >= 15 is 0 Å². The number of benzene rings is 2. The molecular formula is C16H18NaO4P. The average Bonchev–Trinajstić information content (AvgIpc) is 2.55. The number of hydrogen-bond donors (Lipinski definition) is 0. The molecule has 0 aliphatic rings. The molecular weight excluding hydrogens is 310 g/mol. The van der Waals surface area contributed by atoms with Crippen molar-refractivity contribution in [2.24, 2.45) is 0 Å². The third-order valence-electron chi connectivity index (χ3n) is 3.03. The summed E-state index contributed by atoms with van der Waals surface area (Å²) in [5, 5.41) is 1.87. The van der Waals surface area contributed by atoms with Gasteiger partial charge < -0.3 is 27.5 Å². The van der Waals surface area contributed by atoms with E-state index < -0.39 is 0 Å². The number of ether oxygens (including phenoxy) is 4. The Bertz CT molecular complexity index is 521. The summed E-state index contributed by atoms with van der Waals surface area (Å²) in [6, 6.07) is 11.4. The summed E-state index contributed by atoms with van der Waals surface area (Å²) in [6.45, 7) is 0. The number of methoxy groups -OCH3 is 4. The topological polar surface area (TPSA) is 36.9 Å². The smallest absolute Gasteiger partial charge is 0.499 e. The zero-order valence-corrected chi connectivity index (χ0v) is 16.4. The fourth-order valence-electron chi connectivity index (χ4n) is 2.00. The molecule has 0 saturated heterocycles. The van der Waals surface area contributed by atoms with Crippen LogP contribution in [0.2, 0.25) is 0 Å². The van der Waals surface area contributed by atoms with Crippen molar-refractivity contribution < 1.29 is 48.5 Å². The van der Waals surface area contributed by atoms with E-state index in [-0.39, 0.29) is 29.6 Å². The van der Waals surface area contributed by atoms with E-state index in [1.165, 1.54) is 0 Å². The minimum Gasteiger partial charge on any atom is -0.499 e. The zero-order chi connectivity index (χ0) is 15.2. The second-order valence-corrected chi connectivity index (χ2v) is 5.25. The zero-order valence-electron chi connectivity index (χ0n) is 13.5. The van der Waals surface area contributed by atoms with Crippen LogP contribution >= 0.6 is 8.58 Å². The summed E-state index contributed by atoms with van der Waals surface area (Å²) in [6.07, 6.45) is 0. The molecule has 0 radical (unpaired) electrons. The van der Waals surface area contributed by atoms with Crippen molar-refractivity contribution in [2.75, 3.05) is 28.4 Å². The van der Waals surface area contributed by atoms with Crippen LogP contribution in [0.15, 0.2) is 36.4 Å². The summed E-state index contributed by atoms with van der Waals surface area (Å²) < 4.78 is 21.8. The van der Waals surface area contributed by atoms with Crippen molar-refractivity contribution >= 4 is 19.2 Å². The van der Waals surface area contributed by atoms with Crippen LogP contribution in [0.5, 0.6) is 23.0 Å². The quantitative estimate of drug-likeness (QED) is 0.535. The van der Waals surface area contributed by atoms with Crippen molar-refractivity contribution in [3.05, 3.63) is 36.4 Å². The van der Waals surface area contributed by atoms with Crippen molar-refractivity contribution in [2.45, 2.75) is 0 Å². The summed E-state index contributed by atoms with van der Waals surface area (Å²) >= 11 is 0. The molecule has 4 nitrogen and oxygen atoms in total. The Balaban J connectivity index is 0.00000242. The molecule has 0 unspecified atom stereocenters. The summed E-state index contributed by atoms with van der Waals surface area (Å²) in [7, 11) is 7.48. The SMILES string of the molecule is COc1cccc(OC)c1[P-]c1c(OC)cccc1OC.[Na+]. The van der Waals surface area contributed by atoms with Gasteiger partial charge in [-0.1, -0.05) is 12.1 Å². The predicted molar refractivity (Wildman–Crippen MR) is 85.3 cm³/mol. The molecule has 0 atom stereocenters. The Morgan fingerprint density at radius 1 is 0.591 bits per heavy atom. The van der Waals surface area contributed by atoms with Gasteiger partial charge in [-0.05, 0) is 24.3 Å². The maximum Gasteiger partial charge on any atom is 1.00 e. The maximum atomic E-state index is 5.44. The van der Waals surface area contributed by atoms with Crippen molar-refractivity contribution in [1.82, 2.24) is 0 Å². The summed E-state index contributed by atoms with van der Waals surface area (Å²) in [5.74, 6) is 3.07. The van der Waals surface area contributed by atoms with E-state index in [9.17, 15) is 0 Å². The normalized spacial score (nSPS) is 9.64. The first-order chi connectivity index (χ1) is 10.2. The number of rotatable bonds is 6. The van der Waals surface area contributed by atoms with Gasteiger partial charge in [0, 0.05) is 0 Å². The van der Waals surface area contributed by atoms with Crippen LogP contribution in [-0.4, -0.2) is 28.4 Å². The second kappa shape index (κ2) is 9.26. The predicted octanol–water partition coefficient (Wildman–Crippen LogP) is -0.378. The third-order valence-corrected chi connectivity index (χ3v) is 4.36. The van der Waals surface area contributed by atoms with Gasteiger partial charge in [-0.15, -0.1) is 10.6 Å². The fourth-order valence-corrected chi connectivity index (χ4v) is 3.32. The van der Waals surface area contributed by atoms with Crippen LogP contribution in [0.25, 0.3) is 0 Å². The van der Waals surface area contributed by atoms with Gasteiger partial charge in [-0.3, -0.25) is 0 Å². The Hall–Kier alpha value is -0.930. The third kappa shape index (κ3) is 4.08. The minimum absolute atomic E-state index is 0. The standard InChI is InChI=1S/C16H18O4P.Na/c1-17-11-7-5-8-12(18-2)15(11)21-16-13(19-3)9-6-10-14(16)20-4;/h5-10H,1-4H3;/q-1;+1. The average molecular weight is 328 g/mol. The minimum atomic E-state index is 0. The van der Waals surface area contributed by atoms with Crippen LogP contribution in [-0.2, 0) is 0 Å². The molecule has 2 aromatic rings. The molecule has 0 bridgehead atoms. The Kier molecular flexibility index (Phi) is 8.05. The van der Waals surface area contributed by atoms with Crippen LogP contribution in [0.1, 0.15) is 0 Å². The molecule has 0 aliphatic heterocycles. The van der Waals surface area contributed by atoms with E-state index in [1.807, 2.05) is 36.4 Å². The first kappa shape index (κ1) is 19.1. The van der Waals surface area contributed by atoms with Crippen LogP contribution in [0.3, 0.4) is 0 Å². The second-order valence-electron chi connectivity index (χ2n) is 4.13. The molecule has 0 fully saturated rings. The van der Waals surface area contributed by atoms with E-state index in [0.29, 0.717) is 0 Å². The van der Waals surface area contributed by atoms with Crippen molar-refractivity contribution in [3.8, 4) is 23.0 Å². The molecule has 2 rings (SSSR count). The van der Waals surface area contributed by atoms with Gasteiger partial charge in [0.15, 0.2) is 0 Å². The Morgan fingerprint density at radius 2 is 0.864 bits per heavy atom. The van der Waals surface area contributed by atoms with Gasteiger partial charge in [0.1, 0.15) is 0 Å². The summed E-state index contributed by atoms with van der Waals surface area (Å²) in [5.41, 5.74) is 0. The summed E-state index contributed by atoms with van der Waals surface area (Å²) in [4.78, 5) is 0. The molecule has 0 aromatic heterocycles. The van der Waals surface area contributed by atoms with Gasteiger partial charge in [0.25, 0.3) is 0 Å². The molecule has 0 spiro atoms. The van der Waals surface area contributed by atoms with Crippen LogP contribution in [0.4, 0.5) is 0 Å². The van der Waals surface area contributed by atoms with Gasteiger partial charge in [0.05, 0.1) is 51.4 Å². The van der Waals surface area contributed by atoms with Crippen molar-refractivity contribution in [3.63, 3.8) is 0 Å². The molecule has 6 heteroatoms. The van der Waals surface area contributed by atoms with E-state index in [1.54, 1.807) is 28.4 Å². The molecule has 0 N–H and O–H groups in total. The first-order valence-corrected chi connectivity index (χ1v) is 7.28. The van der Waals surface area contributed by atoms with Gasteiger partial charge in [-0.2, -0.15) is 0 Å².